The van der Waals surface area contributed by atoms with E-state index in [4.69, 9.17) is 16.3 Å². The summed E-state index contributed by atoms with van der Waals surface area (Å²) in [5.41, 5.74) is -0.376. The number of nitrogens with zero attached hydrogens (tertiary/aromatic N) is 3. The van der Waals surface area contributed by atoms with E-state index in [1.54, 1.807) is 30.1 Å². The van der Waals surface area contributed by atoms with Crippen LogP contribution in [0.5, 0.6) is 0 Å². The van der Waals surface area contributed by atoms with Crippen LogP contribution in [-0.4, -0.2) is 53.7 Å². The lowest BCUT2D eigenvalue weighted by molar-refractivity contribution is -0.176. The number of fused-ring (bicyclic) bond motifs is 2. The summed E-state index contributed by atoms with van der Waals surface area (Å²) in [5, 5.41) is 9.30. The molecular weight excluding hydrogens is 527 g/mol. The Kier molecular flexibility index (Phi) is 5.99. The standard InChI is InChI=1S/C26H23ClF3N3O5/c1-25(2)16-8-7-14(9-18(16)31(3)24(25)37)32-11-15(23(35)36)21(34)33(22-19(32)12-38-22)10-13-5-4-6-17(20(13)27)26(28,29)30/h4-9,11,19,22H,10,12H2,1-3H3,(H,35,36). The molecule has 1 N–H and O–H groups in total. The molecule has 0 aromatic heterocycles. The SMILES string of the molecule is CN1C(=O)C(C)(C)c2ccc(N3C=C(C(=O)O)C(=O)N(Cc4cccc(C(F)(F)F)c4Cl)C4OCC43)cc21. The van der Waals surface area contributed by atoms with Gasteiger partial charge in [0.15, 0.2) is 6.23 Å². The second-order valence-electron chi connectivity index (χ2n) is 9.95. The third-order valence-corrected chi connectivity index (χ3v) is 7.75. The highest BCUT2D eigenvalue weighted by molar-refractivity contribution is 6.32. The van der Waals surface area contributed by atoms with Crippen LogP contribution in [0.3, 0.4) is 0 Å². The number of anilines is 2. The van der Waals surface area contributed by atoms with Crippen molar-refractivity contribution < 1.29 is 37.4 Å². The van der Waals surface area contributed by atoms with Crippen molar-refractivity contribution in [2.24, 2.45) is 0 Å². The zero-order valence-electron chi connectivity index (χ0n) is 20.5. The molecule has 0 saturated carbocycles. The molecule has 3 aliphatic heterocycles. The molecule has 200 valence electrons. The van der Waals surface area contributed by atoms with Crippen molar-refractivity contribution >= 4 is 40.8 Å². The van der Waals surface area contributed by atoms with E-state index in [1.165, 1.54) is 23.2 Å². The van der Waals surface area contributed by atoms with E-state index in [-0.39, 0.29) is 18.1 Å². The topological polar surface area (TPSA) is 90.4 Å². The van der Waals surface area contributed by atoms with Crippen molar-refractivity contribution in [3.63, 3.8) is 0 Å². The van der Waals surface area contributed by atoms with Crippen LogP contribution in [0.4, 0.5) is 24.5 Å². The monoisotopic (exact) mass is 549 g/mol. The smallest absolute Gasteiger partial charge is 0.417 e. The van der Waals surface area contributed by atoms with Gasteiger partial charge < -0.3 is 24.5 Å². The first kappa shape index (κ1) is 26.1. The Morgan fingerprint density at radius 3 is 2.53 bits per heavy atom. The third-order valence-electron chi connectivity index (χ3n) is 7.30. The van der Waals surface area contributed by atoms with Crippen molar-refractivity contribution in [1.29, 1.82) is 0 Å². The summed E-state index contributed by atoms with van der Waals surface area (Å²) in [7, 11) is 1.65. The summed E-state index contributed by atoms with van der Waals surface area (Å²) in [4.78, 5) is 42.5. The molecule has 8 nitrogen and oxygen atoms in total. The minimum absolute atomic E-state index is 0.00202. The van der Waals surface area contributed by atoms with Gasteiger partial charge in [-0.2, -0.15) is 13.2 Å². The number of rotatable bonds is 4. The van der Waals surface area contributed by atoms with Gasteiger partial charge in [-0.25, -0.2) is 4.79 Å². The van der Waals surface area contributed by atoms with Crippen molar-refractivity contribution in [3.05, 3.63) is 69.9 Å². The number of carboxylic acid groups (broad SMARTS) is 1. The summed E-state index contributed by atoms with van der Waals surface area (Å²) in [6, 6.07) is 8.10. The molecule has 0 bridgehead atoms. The molecule has 12 heteroatoms. The summed E-state index contributed by atoms with van der Waals surface area (Å²) >= 11 is 6.06. The van der Waals surface area contributed by atoms with Crippen LogP contribution >= 0.6 is 11.6 Å². The number of halogens is 4. The van der Waals surface area contributed by atoms with Gasteiger partial charge in [-0.3, -0.25) is 9.59 Å². The summed E-state index contributed by atoms with van der Waals surface area (Å²) in [5.74, 6) is -2.51. The second-order valence-corrected chi connectivity index (χ2v) is 10.3. The summed E-state index contributed by atoms with van der Waals surface area (Å²) in [6.45, 7) is 3.37. The Labute approximate surface area is 220 Å². The molecule has 0 spiro atoms. The first-order chi connectivity index (χ1) is 17.7. The Morgan fingerprint density at radius 1 is 1.21 bits per heavy atom. The number of benzene rings is 2. The van der Waals surface area contributed by atoms with Gasteiger partial charge in [0.05, 0.1) is 29.2 Å². The largest absolute Gasteiger partial charge is 0.477 e. The quantitative estimate of drug-likeness (QED) is 0.576. The van der Waals surface area contributed by atoms with Gasteiger partial charge in [-0.05, 0) is 43.2 Å². The number of hydrogen-bond donors (Lipinski definition) is 1. The van der Waals surface area contributed by atoms with E-state index in [9.17, 15) is 32.7 Å². The second kappa shape index (κ2) is 8.74. The molecule has 1 fully saturated rings. The van der Waals surface area contributed by atoms with Crippen LogP contribution in [0, 0.1) is 0 Å². The van der Waals surface area contributed by atoms with E-state index in [1.807, 2.05) is 13.8 Å². The minimum Gasteiger partial charge on any atom is -0.477 e. The lowest BCUT2D eigenvalue weighted by Gasteiger charge is -2.46. The summed E-state index contributed by atoms with van der Waals surface area (Å²) in [6.07, 6.45) is -4.45. The molecule has 5 rings (SSSR count). The number of aliphatic carboxylic acids is 1. The average Bonchev–Trinajstić information content (AvgIpc) is 2.94. The molecular formula is C26H23ClF3N3O5. The maximum atomic E-state index is 13.4. The molecule has 38 heavy (non-hydrogen) atoms. The van der Waals surface area contributed by atoms with Crippen LogP contribution in [0.15, 0.2) is 48.2 Å². The average molecular weight is 550 g/mol. The van der Waals surface area contributed by atoms with E-state index >= 15 is 0 Å². The van der Waals surface area contributed by atoms with Gasteiger partial charge >= 0.3 is 12.1 Å². The van der Waals surface area contributed by atoms with Crippen molar-refractivity contribution in [1.82, 2.24) is 4.90 Å². The molecule has 2 aromatic carbocycles. The zero-order valence-corrected chi connectivity index (χ0v) is 21.3. The number of likely N-dealkylation sites (N-methyl/N-ethyl adjacent to an activating group) is 1. The molecule has 2 atom stereocenters. The number of carbonyl (C=O) groups is 3. The highest BCUT2D eigenvalue weighted by atomic mass is 35.5. The predicted molar refractivity (Wildman–Crippen MR) is 132 cm³/mol. The highest BCUT2D eigenvalue weighted by Crippen LogP contribution is 2.44. The Hall–Kier alpha value is -3.57. The van der Waals surface area contributed by atoms with Gasteiger partial charge in [0.25, 0.3) is 5.91 Å². The lowest BCUT2D eigenvalue weighted by Crippen LogP contribution is -2.61. The molecule has 3 aliphatic rings. The fourth-order valence-electron chi connectivity index (χ4n) is 5.15. The third kappa shape index (κ3) is 3.92. The maximum absolute atomic E-state index is 13.4. The van der Waals surface area contributed by atoms with Crippen LogP contribution in [0.25, 0.3) is 0 Å². The van der Waals surface area contributed by atoms with Gasteiger partial charge in [-0.1, -0.05) is 29.8 Å². The zero-order chi connectivity index (χ0) is 27.7. The number of alkyl halides is 3. The number of amides is 2. The number of carbonyl (C=O) groups excluding carboxylic acids is 2. The van der Waals surface area contributed by atoms with Crippen LogP contribution < -0.4 is 9.80 Å². The van der Waals surface area contributed by atoms with Gasteiger partial charge in [0.1, 0.15) is 11.6 Å². The number of hydrogen-bond acceptors (Lipinski definition) is 5. The Balaban J connectivity index is 1.54. The molecule has 1 saturated heterocycles. The van der Waals surface area contributed by atoms with Gasteiger partial charge in [-0.15, -0.1) is 0 Å². The van der Waals surface area contributed by atoms with E-state index in [0.717, 1.165) is 16.5 Å². The van der Waals surface area contributed by atoms with Crippen LogP contribution in [-0.2, 0) is 37.3 Å². The fourth-order valence-corrected chi connectivity index (χ4v) is 5.45. The lowest BCUT2D eigenvalue weighted by atomic mass is 9.86. The number of ether oxygens (including phenoxy) is 1. The fraction of sp³-hybridized carbons (Fsp3) is 0.346. The van der Waals surface area contributed by atoms with Crippen LogP contribution in [0.2, 0.25) is 5.02 Å². The van der Waals surface area contributed by atoms with Gasteiger partial charge in [0, 0.05) is 24.6 Å². The first-order valence-electron chi connectivity index (χ1n) is 11.7. The van der Waals surface area contributed by atoms with E-state index < -0.39 is 58.4 Å². The highest BCUT2D eigenvalue weighted by Gasteiger charge is 2.48. The summed E-state index contributed by atoms with van der Waals surface area (Å²) < 4.78 is 45.8. The van der Waals surface area contributed by atoms with Crippen LogP contribution in [0.1, 0.15) is 30.5 Å². The molecule has 0 radical (unpaired) electrons. The van der Waals surface area contributed by atoms with Crippen molar-refractivity contribution in [3.8, 4) is 0 Å². The number of carboxylic acids is 1. The van der Waals surface area contributed by atoms with E-state index in [2.05, 4.69) is 0 Å². The maximum Gasteiger partial charge on any atom is 0.417 e. The molecule has 3 heterocycles. The Morgan fingerprint density at radius 2 is 1.92 bits per heavy atom. The Bertz CT molecular complexity index is 1410. The molecule has 2 amide bonds. The van der Waals surface area contributed by atoms with Crippen molar-refractivity contribution in [2.45, 2.75) is 44.3 Å². The molecule has 2 unspecified atom stereocenters. The molecule has 2 aromatic rings. The first-order valence-corrected chi connectivity index (χ1v) is 12.0. The predicted octanol–water partition coefficient (Wildman–Crippen LogP) is 4.16. The normalized spacial score (nSPS) is 22.5. The van der Waals surface area contributed by atoms with E-state index in [0.29, 0.717) is 11.4 Å². The molecule has 0 aliphatic carbocycles. The minimum atomic E-state index is -4.70. The van der Waals surface area contributed by atoms with Gasteiger partial charge in [0.2, 0.25) is 5.91 Å². The van der Waals surface area contributed by atoms with Crippen molar-refractivity contribution in [2.75, 3.05) is 23.5 Å².